The van der Waals surface area contributed by atoms with E-state index in [1.165, 1.54) is 44.9 Å². The molecule has 98 valence electrons. The van der Waals surface area contributed by atoms with Crippen LogP contribution >= 0.6 is 0 Å². The van der Waals surface area contributed by atoms with Crippen LogP contribution in [0.25, 0.3) is 0 Å². The van der Waals surface area contributed by atoms with Crippen molar-refractivity contribution in [3.63, 3.8) is 0 Å². The Bertz CT molecular complexity index is 293. The zero-order chi connectivity index (χ0) is 12.5. The molecule has 1 aromatic heterocycles. The maximum Gasteiger partial charge on any atom is 0.121 e. The van der Waals surface area contributed by atoms with Crippen molar-refractivity contribution in [1.82, 2.24) is 5.32 Å². The van der Waals surface area contributed by atoms with Gasteiger partial charge < -0.3 is 9.73 Å². The Balaban J connectivity index is 2.19. The molecule has 1 N–H and O–H groups in total. The summed E-state index contributed by atoms with van der Waals surface area (Å²) in [5.74, 6) is 2.08. The Morgan fingerprint density at radius 3 is 2.41 bits per heavy atom. The van der Waals surface area contributed by atoms with E-state index in [-0.39, 0.29) is 0 Å². The van der Waals surface area contributed by atoms with E-state index in [0.29, 0.717) is 6.04 Å². The minimum Gasteiger partial charge on any atom is -0.465 e. The Labute approximate surface area is 106 Å². The zero-order valence-electron chi connectivity index (χ0n) is 11.6. The monoisotopic (exact) mass is 237 g/mol. The SMILES string of the molecule is CCCCCCCCC(NC)c1ccc(C)o1. The molecule has 1 atom stereocenters. The lowest BCUT2D eigenvalue weighted by atomic mass is 10.0. The van der Waals surface area contributed by atoms with Crippen molar-refractivity contribution in [2.75, 3.05) is 7.05 Å². The molecule has 0 fully saturated rings. The third kappa shape index (κ3) is 5.40. The van der Waals surface area contributed by atoms with Crippen LogP contribution < -0.4 is 5.32 Å². The summed E-state index contributed by atoms with van der Waals surface area (Å²) in [6, 6.07) is 4.52. The van der Waals surface area contributed by atoms with E-state index in [9.17, 15) is 0 Å². The van der Waals surface area contributed by atoms with E-state index in [0.717, 1.165) is 11.5 Å². The van der Waals surface area contributed by atoms with Crippen molar-refractivity contribution in [3.05, 3.63) is 23.7 Å². The van der Waals surface area contributed by atoms with Crippen molar-refractivity contribution < 1.29 is 4.42 Å². The molecule has 0 aliphatic carbocycles. The lowest BCUT2D eigenvalue weighted by Gasteiger charge is -2.13. The minimum atomic E-state index is 0.384. The van der Waals surface area contributed by atoms with Gasteiger partial charge in [-0.15, -0.1) is 0 Å². The first-order chi connectivity index (χ1) is 8.27. The highest BCUT2D eigenvalue weighted by atomic mass is 16.3. The molecule has 0 saturated heterocycles. The van der Waals surface area contributed by atoms with Crippen molar-refractivity contribution in [1.29, 1.82) is 0 Å². The average Bonchev–Trinajstić information content (AvgIpc) is 2.75. The zero-order valence-corrected chi connectivity index (χ0v) is 11.6. The molecule has 0 aliphatic rings. The molecule has 1 aromatic rings. The Kier molecular flexibility index (Phi) is 7.02. The second kappa shape index (κ2) is 8.35. The number of furan rings is 1. The molecule has 0 aromatic carbocycles. The molecule has 1 heterocycles. The first kappa shape index (κ1) is 14.3. The molecule has 2 heteroatoms. The summed E-state index contributed by atoms with van der Waals surface area (Å²) in [5, 5.41) is 3.34. The second-order valence-electron chi connectivity index (χ2n) is 4.85. The van der Waals surface area contributed by atoms with Gasteiger partial charge >= 0.3 is 0 Å². The number of rotatable bonds is 9. The number of hydrogen-bond donors (Lipinski definition) is 1. The molecule has 17 heavy (non-hydrogen) atoms. The molecule has 2 nitrogen and oxygen atoms in total. The van der Waals surface area contributed by atoms with E-state index in [4.69, 9.17) is 4.42 Å². The number of aryl methyl sites for hydroxylation is 1. The minimum absolute atomic E-state index is 0.384. The lowest BCUT2D eigenvalue weighted by molar-refractivity contribution is 0.391. The molecule has 0 amide bonds. The Morgan fingerprint density at radius 1 is 1.12 bits per heavy atom. The summed E-state index contributed by atoms with van der Waals surface area (Å²) in [6.45, 7) is 4.26. The van der Waals surface area contributed by atoms with Crippen LogP contribution in [0.15, 0.2) is 16.5 Å². The van der Waals surface area contributed by atoms with Gasteiger partial charge in [0, 0.05) is 0 Å². The van der Waals surface area contributed by atoms with Crippen LogP contribution in [0, 0.1) is 6.92 Å². The van der Waals surface area contributed by atoms with Crippen LogP contribution in [0.1, 0.15) is 69.4 Å². The molecular weight excluding hydrogens is 210 g/mol. The maximum absolute atomic E-state index is 5.67. The number of unbranched alkanes of at least 4 members (excludes halogenated alkanes) is 5. The van der Waals surface area contributed by atoms with Crippen molar-refractivity contribution in [2.24, 2.45) is 0 Å². The average molecular weight is 237 g/mol. The van der Waals surface area contributed by atoms with E-state index in [1.807, 2.05) is 20.0 Å². The molecule has 0 spiro atoms. The first-order valence-corrected chi connectivity index (χ1v) is 7.01. The summed E-state index contributed by atoms with van der Waals surface area (Å²) >= 11 is 0. The lowest BCUT2D eigenvalue weighted by Crippen LogP contribution is -2.15. The fraction of sp³-hybridized carbons (Fsp3) is 0.733. The fourth-order valence-corrected chi connectivity index (χ4v) is 2.20. The van der Waals surface area contributed by atoms with E-state index >= 15 is 0 Å². The predicted molar refractivity (Wildman–Crippen MR) is 73.2 cm³/mol. The van der Waals surface area contributed by atoms with Crippen molar-refractivity contribution >= 4 is 0 Å². The molecule has 0 bridgehead atoms. The molecule has 0 radical (unpaired) electrons. The quantitative estimate of drug-likeness (QED) is 0.635. The van der Waals surface area contributed by atoms with E-state index in [2.05, 4.69) is 18.3 Å². The number of hydrogen-bond acceptors (Lipinski definition) is 2. The van der Waals surface area contributed by atoms with Gasteiger partial charge in [0.15, 0.2) is 0 Å². The topological polar surface area (TPSA) is 25.2 Å². The largest absolute Gasteiger partial charge is 0.465 e. The van der Waals surface area contributed by atoms with Gasteiger partial charge in [0.25, 0.3) is 0 Å². The molecule has 1 unspecified atom stereocenters. The molecule has 0 aliphatic heterocycles. The standard InChI is InChI=1S/C15H27NO/c1-4-5-6-7-8-9-10-14(16-3)15-12-11-13(2)17-15/h11-12,14,16H,4-10H2,1-3H3. The van der Waals surface area contributed by atoms with Crippen LogP contribution in [0.3, 0.4) is 0 Å². The first-order valence-electron chi connectivity index (χ1n) is 7.01. The summed E-state index contributed by atoms with van der Waals surface area (Å²) in [6.07, 6.45) is 9.28. The van der Waals surface area contributed by atoms with Gasteiger partial charge in [-0.2, -0.15) is 0 Å². The highest BCUT2D eigenvalue weighted by Gasteiger charge is 2.12. The maximum atomic E-state index is 5.67. The smallest absolute Gasteiger partial charge is 0.121 e. The predicted octanol–water partition coefficient (Wildman–Crippen LogP) is 4.60. The summed E-state index contributed by atoms with van der Waals surface area (Å²) in [4.78, 5) is 0. The Morgan fingerprint density at radius 2 is 1.82 bits per heavy atom. The van der Waals surface area contributed by atoms with Gasteiger partial charge in [-0.1, -0.05) is 45.4 Å². The van der Waals surface area contributed by atoms with E-state index in [1.54, 1.807) is 0 Å². The third-order valence-electron chi connectivity index (χ3n) is 3.30. The summed E-state index contributed by atoms with van der Waals surface area (Å²) in [7, 11) is 2.01. The summed E-state index contributed by atoms with van der Waals surface area (Å²) < 4.78 is 5.67. The third-order valence-corrected chi connectivity index (χ3v) is 3.30. The van der Waals surface area contributed by atoms with Crippen LogP contribution in [0.4, 0.5) is 0 Å². The van der Waals surface area contributed by atoms with Crippen molar-refractivity contribution in [2.45, 2.75) is 64.8 Å². The molecule has 0 saturated carbocycles. The molecule has 1 rings (SSSR count). The van der Waals surface area contributed by atoms with Gasteiger partial charge in [-0.05, 0) is 32.5 Å². The van der Waals surface area contributed by atoms with Gasteiger partial charge in [0.1, 0.15) is 11.5 Å². The van der Waals surface area contributed by atoms with Crippen molar-refractivity contribution in [3.8, 4) is 0 Å². The van der Waals surface area contributed by atoms with Gasteiger partial charge in [0.05, 0.1) is 6.04 Å². The van der Waals surface area contributed by atoms with E-state index < -0.39 is 0 Å². The summed E-state index contributed by atoms with van der Waals surface area (Å²) in [5.41, 5.74) is 0. The molecular formula is C15H27NO. The number of nitrogens with one attached hydrogen (secondary N) is 1. The second-order valence-corrected chi connectivity index (χ2v) is 4.85. The fourth-order valence-electron chi connectivity index (χ4n) is 2.20. The van der Waals surface area contributed by atoms with Crippen LogP contribution in [-0.4, -0.2) is 7.05 Å². The van der Waals surface area contributed by atoms with Crippen LogP contribution in [-0.2, 0) is 0 Å². The highest BCUT2D eigenvalue weighted by Crippen LogP contribution is 2.21. The van der Waals surface area contributed by atoms with Gasteiger partial charge in [-0.3, -0.25) is 0 Å². The normalized spacial score (nSPS) is 12.9. The van der Waals surface area contributed by atoms with Crippen LogP contribution in [0.2, 0.25) is 0 Å². The van der Waals surface area contributed by atoms with Crippen LogP contribution in [0.5, 0.6) is 0 Å². The highest BCUT2D eigenvalue weighted by molar-refractivity contribution is 5.09. The van der Waals surface area contributed by atoms with Gasteiger partial charge in [-0.25, -0.2) is 0 Å². The van der Waals surface area contributed by atoms with Gasteiger partial charge in [0.2, 0.25) is 0 Å². The Hall–Kier alpha value is -0.760.